The molecule has 8 heteroatoms. The molecule has 0 atom stereocenters. The Bertz CT molecular complexity index is 366. The minimum absolute atomic E-state index is 0.119. The van der Waals surface area contributed by atoms with E-state index in [2.05, 4.69) is 9.72 Å². The van der Waals surface area contributed by atoms with E-state index in [1.807, 2.05) is 0 Å². The zero-order chi connectivity index (χ0) is 11.6. The molecule has 0 aromatic carbocycles. The molecule has 0 saturated heterocycles. The fraction of sp³-hybridized carbons (Fsp3) is 0.286. The molecule has 4 N–H and O–H groups in total. The van der Waals surface area contributed by atoms with Crippen LogP contribution in [-0.2, 0) is 6.54 Å². The molecule has 0 spiro atoms. The van der Waals surface area contributed by atoms with Gasteiger partial charge in [-0.1, -0.05) is 0 Å². The van der Waals surface area contributed by atoms with E-state index in [1.54, 1.807) is 0 Å². The Labute approximate surface area is 81.8 Å². The maximum absolute atomic E-state index is 12.7. The fourth-order valence-corrected chi connectivity index (χ4v) is 0.879. The Kier molecular flexibility index (Phi) is 2.98. The first-order valence-electron chi connectivity index (χ1n) is 3.74. The molecule has 0 fully saturated rings. The van der Waals surface area contributed by atoms with Crippen LogP contribution in [0.2, 0.25) is 0 Å². The molecule has 1 aromatic rings. The number of aromatic nitrogens is 1. The van der Waals surface area contributed by atoms with Crippen LogP contribution in [0.4, 0.5) is 23.2 Å². The van der Waals surface area contributed by atoms with Gasteiger partial charge in [0.15, 0.2) is 0 Å². The summed E-state index contributed by atoms with van der Waals surface area (Å²) in [7, 11) is 0. The first-order valence-corrected chi connectivity index (χ1v) is 3.74. The molecule has 0 aliphatic rings. The summed E-state index contributed by atoms with van der Waals surface area (Å²) in [6.07, 6.45) is -4.94. The Morgan fingerprint density at radius 1 is 1.40 bits per heavy atom. The van der Waals surface area contributed by atoms with Gasteiger partial charge in [-0.3, -0.25) is 0 Å². The number of rotatable bonds is 2. The van der Waals surface area contributed by atoms with Crippen LogP contribution in [0.15, 0.2) is 6.07 Å². The minimum Gasteiger partial charge on any atom is -0.395 e. The SMILES string of the molecule is NCc1cc(N)c(F)nc1OC(F)(F)F. The Morgan fingerprint density at radius 2 is 2.00 bits per heavy atom. The van der Waals surface area contributed by atoms with Crippen LogP contribution >= 0.6 is 0 Å². The van der Waals surface area contributed by atoms with Gasteiger partial charge in [0.25, 0.3) is 0 Å². The average molecular weight is 225 g/mol. The van der Waals surface area contributed by atoms with E-state index in [4.69, 9.17) is 11.5 Å². The number of halogens is 4. The van der Waals surface area contributed by atoms with Crippen molar-refractivity contribution in [3.63, 3.8) is 0 Å². The second-order valence-electron chi connectivity index (χ2n) is 2.58. The van der Waals surface area contributed by atoms with E-state index < -0.39 is 18.2 Å². The van der Waals surface area contributed by atoms with E-state index >= 15 is 0 Å². The number of nitrogens with zero attached hydrogens (tertiary/aromatic N) is 1. The molecule has 84 valence electrons. The summed E-state index contributed by atoms with van der Waals surface area (Å²) in [6.45, 7) is -0.289. The number of pyridine rings is 1. The number of anilines is 1. The second kappa shape index (κ2) is 3.89. The molecule has 0 saturated carbocycles. The highest BCUT2D eigenvalue weighted by atomic mass is 19.4. The Morgan fingerprint density at radius 3 is 2.47 bits per heavy atom. The first kappa shape index (κ1) is 11.5. The Hall–Kier alpha value is -1.57. The summed E-state index contributed by atoms with van der Waals surface area (Å²) in [5.41, 5.74) is 9.72. The maximum Gasteiger partial charge on any atom is 0.574 e. The van der Waals surface area contributed by atoms with Crippen molar-refractivity contribution in [3.05, 3.63) is 17.6 Å². The van der Waals surface area contributed by atoms with Gasteiger partial charge < -0.3 is 16.2 Å². The van der Waals surface area contributed by atoms with Crippen LogP contribution in [0, 0.1) is 5.95 Å². The van der Waals surface area contributed by atoms with Crippen molar-refractivity contribution in [1.29, 1.82) is 0 Å². The fourth-order valence-electron chi connectivity index (χ4n) is 0.879. The van der Waals surface area contributed by atoms with E-state index in [-0.39, 0.29) is 17.8 Å². The summed E-state index contributed by atoms with van der Waals surface area (Å²) in [5, 5.41) is 0. The highest BCUT2D eigenvalue weighted by molar-refractivity contribution is 5.43. The number of hydrogen-bond acceptors (Lipinski definition) is 4. The standard InChI is InChI=1S/C7H7F4N3O/c8-5-4(13)1-3(2-12)6(14-5)15-7(9,10)11/h1H,2,12-13H2. The lowest BCUT2D eigenvalue weighted by atomic mass is 10.2. The van der Waals surface area contributed by atoms with Crippen LogP contribution in [0.5, 0.6) is 5.88 Å². The van der Waals surface area contributed by atoms with Crippen LogP contribution in [0.25, 0.3) is 0 Å². The smallest absolute Gasteiger partial charge is 0.395 e. The molecule has 0 amide bonds. The van der Waals surface area contributed by atoms with Gasteiger partial charge >= 0.3 is 6.36 Å². The maximum atomic E-state index is 12.7. The average Bonchev–Trinajstić information content (AvgIpc) is 2.08. The zero-order valence-corrected chi connectivity index (χ0v) is 7.31. The predicted molar refractivity (Wildman–Crippen MR) is 43.2 cm³/mol. The third kappa shape index (κ3) is 2.94. The van der Waals surface area contributed by atoms with Gasteiger partial charge in [-0.25, -0.2) is 0 Å². The molecule has 1 rings (SSSR count). The lowest BCUT2D eigenvalue weighted by Crippen LogP contribution is -2.20. The summed E-state index contributed by atoms with van der Waals surface area (Å²) in [5.74, 6) is -2.15. The van der Waals surface area contributed by atoms with E-state index in [9.17, 15) is 17.6 Å². The van der Waals surface area contributed by atoms with E-state index in [0.717, 1.165) is 6.07 Å². The normalized spacial score (nSPS) is 11.5. The van der Waals surface area contributed by atoms with Gasteiger partial charge in [0.2, 0.25) is 11.8 Å². The number of nitrogens with two attached hydrogens (primary N) is 2. The first-order chi connectivity index (χ1) is 6.83. The molecular weight excluding hydrogens is 218 g/mol. The zero-order valence-electron chi connectivity index (χ0n) is 7.31. The summed E-state index contributed by atoms with van der Waals surface area (Å²) < 4.78 is 51.7. The van der Waals surface area contributed by atoms with Crippen LogP contribution in [-0.4, -0.2) is 11.3 Å². The third-order valence-corrected chi connectivity index (χ3v) is 1.47. The summed E-state index contributed by atoms with van der Waals surface area (Å²) >= 11 is 0. The van der Waals surface area contributed by atoms with Crippen LogP contribution in [0.1, 0.15) is 5.56 Å². The number of ether oxygens (including phenoxy) is 1. The molecule has 1 aromatic heterocycles. The van der Waals surface area contributed by atoms with Crippen molar-refractivity contribution in [1.82, 2.24) is 4.98 Å². The number of nitrogen functional groups attached to an aromatic ring is 1. The molecular formula is C7H7F4N3O. The highest BCUT2D eigenvalue weighted by Crippen LogP contribution is 2.26. The summed E-state index contributed by atoms with van der Waals surface area (Å²) in [6, 6.07) is 0.948. The quantitative estimate of drug-likeness (QED) is 0.585. The molecule has 0 aliphatic heterocycles. The Balaban J connectivity index is 3.11. The lowest BCUT2D eigenvalue weighted by molar-refractivity contribution is -0.276. The van der Waals surface area contributed by atoms with Crippen molar-refractivity contribution in [2.45, 2.75) is 12.9 Å². The van der Waals surface area contributed by atoms with E-state index in [0.29, 0.717) is 0 Å². The van der Waals surface area contributed by atoms with Gasteiger partial charge in [-0.05, 0) is 6.07 Å². The molecule has 0 aliphatic carbocycles. The van der Waals surface area contributed by atoms with Gasteiger partial charge in [0, 0.05) is 12.1 Å². The highest BCUT2D eigenvalue weighted by Gasteiger charge is 2.33. The van der Waals surface area contributed by atoms with Crippen molar-refractivity contribution in [2.24, 2.45) is 5.73 Å². The van der Waals surface area contributed by atoms with Gasteiger partial charge in [-0.15, -0.1) is 13.2 Å². The molecule has 0 bridgehead atoms. The van der Waals surface area contributed by atoms with Crippen molar-refractivity contribution >= 4 is 5.69 Å². The molecule has 1 heterocycles. The van der Waals surface area contributed by atoms with Crippen LogP contribution < -0.4 is 16.2 Å². The molecule has 0 unspecified atom stereocenters. The number of hydrogen-bond donors (Lipinski definition) is 2. The lowest BCUT2D eigenvalue weighted by Gasteiger charge is -2.11. The van der Waals surface area contributed by atoms with E-state index in [1.165, 1.54) is 0 Å². The number of alkyl halides is 3. The van der Waals surface area contributed by atoms with Crippen molar-refractivity contribution in [2.75, 3.05) is 5.73 Å². The monoisotopic (exact) mass is 225 g/mol. The second-order valence-corrected chi connectivity index (χ2v) is 2.58. The molecule has 15 heavy (non-hydrogen) atoms. The van der Waals surface area contributed by atoms with Gasteiger partial charge in [0.05, 0.1) is 5.69 Å². The van der Waals surface area contributed by atoms with Gasteiger partial charge in [0.1, 0.15) is 0 Å². The minimum atomic E-state index is -4.94. The van der Waals surface area contributed by atoms with Crippen molar-refractivity contribution in [3.8, 4) is 5.88 Å². The van der Waals surface area contributed by atoms with Gasteiger partial charge in [-0.2, -0.15) is 9.37 Å². The van der Waals surface area contributed by atoms with Crippen molar-refractivity contribution < 1.29 is 22.3 Å². The third-order valence-electron chi connectivity index (χ3n) is 1.47. The summed E-state index contributed by atoms with van der Waals surface area (Å²) in [4.78, 5) is 2.91. The predicted octanol–water partition coefficient (Wildman–Crippen LogP) is 1.16. The topological polar surface area (TPSA) is 74.2 Å². The molecule has 4 nitrogen and oxygen atoms in total. The molecule has 0 radical (unpaired) electrons. The largest absolute Gasteiger partial charge is 0.574 e. The van der Waals surface area contributed by atoms with Crippen LogP contribution in [0.3, 0.4) is 0 Å².